The van der Waals surface area contributed by atoms with E-state index in [0.717, 1.165) is 43.6 Å². The van der Waals surface area contributed by atoms with E-state index >= 15 is 0 Å². The molecule has 0 radical (unpaired) electrons. The summed E-state index contributed by atoms with van der Waals surface area (Å²) in [7, 11) is 1.93. The fraction of sp³-hybridized carbons (Fsp3) is 0.500. The molecule has 2 aromatic rings. The summed E-state index contributed by atoms with van der Waals surface area (Å²) in [5.74, 6) is 0.744. The zero-order chi connectivity index (χ0) is 20.9. The molecule has 5 nitrogen and oxygen atoms in total. The Hall–Kier alpha value is -2.18. The number of nitrogens with zero attached hydrogens (tertiary/aromatic N) is 2. The van der Waals surface area contributed by atoms with E-state index in [2.05, 4.69) is 24.3 Å². The van der Waals surface area contributed by atoms with Crippen molar-refractivity contribution in [2.24, 2.45) is 11.8 Å². The second-order valence-corrected chi connectivity index (χ2v) is 9.32. The van der Waals surface area contributed by atoms with Crippen LogP contribution in [0.1, 0.15) is 34.5 Å². The summed E-state index contributed by atoms with van der Waals surface area (Å²) >= 11 is 1.49. The second kappa shape index (κ2) is 9.75. The van der Waals surface area contributed by atoms with Crippen LogP contribution >= 0.6 is 11.3 Å². The van der Waals surface area contributed by atoms with Gasteiger partial charge in [0.2, 0.25) is 5.91 Å². The van der Waals surface area contributed by atoms with E-state index in [1.54, 1.807) is 0 Å². The minimum atomic E-state index is 0.0322. The molecule has 2 aliphatic heterocycles. The number of carbonyl (C=O) groups is 2. The van der Waals surface area contributed by atoms with Crippen molar-refractivity contribution in [1.82, 2.24) is 9.80 Å². The summed E-state index contributed by atoms with van der Waals surface area (Å²) < 4.78 is 5.40. The monoisotopic (exact) mass is 426 g/mol. The van der Waals surface area contributed by atoms with Gasteiger partial charge < -0.3 is 14.5 Å². The average Bonchev–Trinajstić information content (AvgIpc) is 3.51. The van der Waals surface area contributed by atoms with E-state index in [4.69, 9.17) is 4.74 Å². The molecule has 3 heterocycles. The summed E-state index contributed by atoms with van der Waals surface area (Å²) in [4.78, 5) is 30.6. The lowest BCUT2D eigenvalue weighted by Gasteiger charge is -2.40. The van der Waals surface area contributed by atoms with Crippen LogP contribution in [0, 0.1) is 11.8 Å². The molecule has 30 heavy (non-hydrogen) atoms. The van der Waals surface area contributed by atoms with Crippen LogP contribution in [0.3, 0.4) is 0 Å². The fourth-order valence-corrected chi connectivity index (χ4v) is 5.40. The molecule has 2 fully saturated rings. The highest BCUT2D eigenvalue weighted by Gasteiger charge is 2.35. The molecule has 160 valence electrons. The summed E-state index contributed by atoms with van der Waals surface area (Å²) in [6.07, 6.45) is 3.54. The van der Waals surface area contributed by atoms with Crippen molar-refractivity contribution in [3.8, 4) is 0 Å². The van der Waals surface area contributed by atoms with Gasteiger partial charge in [-0.1, -0.05) is 36.4 Å². The van der Waals surface area contributed by atoms with E-state index in [9.17, 15) is 9.59 Å². The van der Waals surface area contributed by atoms with Crippen molar-refractivity contribution in [2.45, 2.75) is 31.7 Å². The van der Waals surface area contributed by atoms with E-state index in [1.165, 1.54) is 16.9 Å². The number of thiophene rings is 1. The minimum Gasteiger partial charge on any atom is -0.381 e. The maximum absolute atomic E-state index is 13.1. The predicted molar refractivity (Wildman–Crippen MR) is 119 cm³/mol. The number of ether oxygens (including phenoxy) is 1. The number of piperidine rings is 1. The van der Waals surface area contributed by atoms with Gasteiger partial charge in [0.25, 0.3) is 5.91 Å². The molecule has 0 saturated carbocycles. The van der Waals surface area contributed by atoms with Crippen LogP contribution in [0.2, 0.25) is 0 Å². The van der Waals surface area contributed by atoms with Gasteiger partial charge in [0.05, 0.1) is 17.4 Å². The van der Waals surface area contributed by atoms with Gasteiger partial charge in [0.1, 0.15) is 0 Å². The zero-order valence-corrected chi connectivity index (χ0v) is 18.4. The molecule has 0 spiro atoms. The summed E-state index contributed by atoms with van der Waals surface area (Å²) in [6.45, 7) is 2.80. The van der Waals surface area contributed by atoms with Gasteiger partial charge in [0.15, 0.2) is 0 Å². The molecule has 6 heteroatoms. The highest BCUT2D eigenvalue weighted by atomic mass is 32.1. The third-order valence-corrected chi connectivity index (χ3v) is 7.37. The van der Waals surface area contributed by atoms with Crippen LogP contribution in [0.5, 0.6) is 0 Å². The van der Waals surface area contributed by atoms with Crippen molar-refractivity contribution in [2.75, 3.05) is 33.4 Å². The van der Waals surface area contributed by atoms with E-state index in [0.29, 0.717) is 19.1 Å². The van der Waals surface area contributed by atoms with Gasteiger partial charge in [0, 0.05) is 32.8 Å². The third-order valence-electron chi connectivity index (χ3n) is 6.51. The zero-order valence-electron chi connectivity index (χ0n) is 17.5. The topological polar surface area (TPSA) is 49.9 Å². The van der Waals surface area contributed by atoms with Crippen molar-refractivity contribution >= 4 is 23.2 Å². The molecule has 0 unspecified atom stereocenters. The maximum atomic E-state index is 13.1. The largest absolute Gasteiger partial charge is 0.381 e. The van der Waals surface area contributed by atoms with Crippen LogP contribution in [0.15, 0.2) is 47.8 Å². The number of likely N-dealkylation sites (N-methyl/N-ethyl adjacent to an activating group) is 1. The lowest BCUT2D eigenvalue weighted by Crippen LogP contribution is -2.49. The van der Waals surface area contributed by atoms with Crippen LogP contribution in [-0.4, -0.2) is 61.0 Å². The molecular formula is C24H30N2O3S. The molecule has 2 amide bonds. The number of rotatable bonds is 6. The quantitative estimate of drug-likeness (QED) is 0.708. The van der Waals surface area contributed by atoms with Gasteiger partial charge in [-0.15, -0.1) is 11.3 Å². The van der Waals surface area contributed by atoms with Gasteiger partial charge in [-0.3, -0.25) is 9.59 Å². The van der Waals surface area contributed by atoms with E-state index in [1.807, 2.05) is 40.4 Å². The van der Waals surface area contributed by atoms with Crippen LogP contribution in [0.4, 0.5) is 0 Å². The van der Waals surface area contributed by atoms with Crippen LogP contribution in [0.25, 0.3) is 0 Å². The fourth-order valence-electron chi connectivity index (χ4n) is 4.69. The van der Waals surface area contributed by atoms with Crippen molar-refractivity contribution in [1.29, 1.82) is 0 Å². The van der Waals surface area contributed by atoms with Gasteiger partial charge in [-0.05, 0) is 48.6 Å². The SMILES string of the molecule is CN(C(=O)c1cccs1)[C@@H](Cc1ccccc1)C1CCN(C(=O)[C@@H]2CCOC2)CC1. The number of likely N-dealkylation sites (tertiary alicyclic amines) is 1. The first-order chi connectivity index (χ1) is 14.6. The van der Waals surface area contributed by atoms with Crippen molar-refractivity contribution < 1.29 is 14.3 Å². The van der Waals surface area contributed by atoms with Gasteiger partial charge in [-0.2, -0.15) is 0 Å². The average molecular weight is 427 g/mol. The Morgan fingerprint density at radius 1 is 1.13 bits per heavy atom. The van der Waals surface area contributed by atoms with Crippen molar-refractivity contribution in [3.05, 3.63) is 58.3 Å². The number of benzene rings is 1. The van der Waals surface area contributed by atoms with Gasteiger partial charge >= 0.3 is 0 Å². The summed E-state index contributed by atoms with van der Waals surface area (Å²) in [6, 6.07) is 14.3. The Kier molecular flexibility index (Phi) is 6.85. The van der Waals surface area contributed by atoms with Crippen LogP contribution in [-0.2, 0) is 16.0 Å². The molecule has 0 bridgehead atoms. The first-order valence-corrected chi connectivity index (χ1v) is 11.7. The second-order valence-electron chi connectivity index (χ2n) is 8.37. The Bertz CT molecular complexity index is 825. The Morgan fingerprint density at radius 2 is 1.90 bits per heavy atom. The first kappa shape index (κ1) is 21.1. The predicted octanol–water partition coefficient (Wildman–Crippen LogP) is 3.71. The van der Waals surface area contributed by atoms with Gasteiger partial charge in [-0.25, -0.2) is 0 Å². The van der Waals surface area contributed by atoms with E-state index < -0.39 is 0 Å². The standard InChI is InChI=1S/C24H30N2O3S/c1-25(24(28)22-8-5-15-30-22)21(16-18-6-3-2-4-7-18)19-9-12-26(13-10-19)23(27)20-11-14-29-17-20/h2-8,15,19-21H,9-14,16-17H2,1H3/t20-,21+/m1/s1. The Labute approximate surface area is 182 Å². The molecule has 2 atom stereocenters. The summed E-state index contributed by atoms with van der Waals surface area (Å²) in [5, 5.41) is 1.95. The highest BCUT2D eigenvalue weighted by molar-refractivity contribution is 7.12. The lowest BCUT2D eigenvalue weighted by atomic mass is 9.84. The normalized spacial score (nSPS) is 20.8. The highest BCUT2D eigenvalue weighted by Crippen LogP contribution is 2.29. The van der Waals surface area contributed by atoms with Crippen molar-refractivity contribution in [3.63, 3.8) is 0 Å². The Balaban J connectivity index is 1.45. The molecule has 1 aromatic carbocycles. The molecule has 0 aliphatic carbocycles. The minimum absolute atomic E-state index is 0.0322. The maximum Gasteiger partial charge on any atom is 0.263 e. The molecule has 1 aromatic heterocycles. The van der Waals surface area contributed by atoms with Crippen LogP contribution < -0.4 is 0 Å². The molecule has 4 rings (SSSR count). The molecule has 0 N–H and O–H groups in total. The molecule has 2 aliphatic rings. The number of hydrogen-bond acceptors (Lipinski definition) is 4. The Morgan fingerprint density at radius 3 is 2.53 bits per heavy atom. The lowest BCUT2D eigenvalue weighted by molar-refractivity contribution is -0.137. The smallest absolute Gasteiger partial charge is 0.263 e. The first-order valence-electron chi connectivity index (χ1n) is 10.8. The molecule has 2 saturated heterocycles. The molecular weight excluding hydrogens is 396 g/mol. The number of carbonyl (C=O) groups excluding carboxylic acids is 2. The number of hydrogen-bond donors (Lipinski definition) is 0. The third kappa shape index (κ3) is 4.76. The van der Waals surface area contributed by atoms with E-state index in [-0.39, 0.29) is 23.8 Å². The number of amides is 2. The summed E-state index contributed by atoms with van der Waals surface area (Å²) in [5.41, 5.74) is 1.25.